The first-order valence-electron chi connectivity index (χ1n) is 6.39. The topological polar surface area (TPSA) is 58.6 Å². The van der Waals surface area contributed by atoms with Crippen molar-refractivity contribution in [1.82, 2.24) is 10.2 Å². The fraction of sp³-hybridized carbons (Fsp3) is 0.846. The van der Waals surface area contributed by atoms with Crippen LogP contribution >= 0.6 is 0 Å². The lowest BCUT2D eigenvalue weighted by Gasteiger charge is -2.24. The van der Waals surface area contributed by atoms with Gasteiger partial charge in [-0.1, -0.05) is 12.8 Å². The van der Waals surface area contributed by atoms with E-state index in [1.165, 1.54) is 4.90 Å². The number of likely N-dealkylation sites (N-methyl/N-ethyl adjacent to an activating group) is 1. The van der Waals surface area contributed by atoms with Crippen molar-refractivity contribution in [2.24, 2.45) is 5.92 Å². The van der Waals surface area contributed by atoms with Gasteiger partial charge in [0.2, 0.25) is 5.91 Å². The van der Waals surface area contributed by atoms with Gasteiger partial charge in [-0.25, -0.2) is 4.79 Å². The van der Waals surface area contributed by atoms with Crippen LogP contribution < -0.4 is 5.32 Å². The van der Waals surface area contributed by atoms with Gasteiger partial charge in [0, 0.05) is 14.1 Å². The Morgan fingerprint density at radius 2 is 1.89 bits per heavy atom. The molecule has 1 fully saturated rings. The fourth-order valence-corrected chi connectivity index (χ4v) is 1.67. The molecular weight excluding hydrogens is 232 g/mol. The van der Waals surface area contributed by atoms with Gasteiger partial charge in [0.25, 0.3) is 0 Å². The maximum absolute atomic E-state index is 12.0. The van der Waals surface area contributed by atoms with Gasteiger partial charge in [0.1, 0.15) is 11.6 Å². The molecule has 0 spiro atoms. The number of nitrogens with zero attached hydrogens (tertiary/aromatic N) is 1. The molecule has 5 heteroatoms. The lowest BCUT2D eigenvalue weighted by Crippen LogP contribution is -2.48. The molecule has 1 aliphatic carbocycles. The number of alkyl carbamates (subject to hydrolysis) is 1. The maximum Gasteiger partial charge on any atom is 0.408 e. The quantitative estimate of drug-likeness (QED) is 0.834. The Bertz CT molecular complexity index is 317. The highest BCUT2D eigenvalue weighted by atomic mass is 16.6. The second-order valence-corrected chi connectivity index (χ2v) is 6.11. The van der Waals surface area contributed by atoms with Crippen LogP contribution in [0.3, 0.4) is 0 Å². The van der Waals surface area contributed by atoms with Crippen LogP contribution in [0.15, 0.2) is 0 Å². The third-order valence-corrected chi connectivity index (χ3v) is 2.70. The van der Waals surface area contributed by atoms with Crippen LogP contribution in [0, 0.1) is 5.92 Å². The van der Waals surface area contributed by atoms with Crippen molar-refractivity contribution >= 4 is 12.0 Å². The van der Waals surface area contributed by atoms with Crippen LogP contribution in [0.1, 0.15) is 40.0 Å². The first-order valence-corrected chi connectivity index (χ1v) is 6.39. The van der Waals surface area contributed by atoms with Crippen molar-refractivity contribution in [3.63, 3.8) is 0 Å². The predicted octanol–water partition coefficient (Wildman–Crippen LogP) is 1.77. The second-order valence-electron chi connectivity index (χ2n) is 6.11. The molecule has 0 radical (unpaired) electrons. The normalized spacial score (nSPS) is 16.9. The zero-order valence-corrected chi connectivity index (χ0v) is 11.9. The molecule has 104 valence electrons. The highest BCUT2D eigenvalue weighted by Gasteiger charge is 2.32. The third kappa shape index (κ3) is 5.38. The Morgan fingerprint density at radius 1 is 1.33 bits per heavy atom. The molecule has 0 heterocycles. The molecule has 0 aromatic carbocycles. The van der Waals surface area contributed by atoms with Crippen molar-refractivity contribution < 1.29 is 14.3 Å². The van der Waals surface area contributed by atoms with Crippen LogP contribution in [0.4, 0.5) is 4.79 Å². The summed E-state index contributed by atoms with van der Waals surface area (Å²) in [7, 11) is 3.39. The Morgan fingerprint density at radius 3 is 2.28 bits per heavy atom. The standard InChI is InChI=1S/C13H24N2O3/c1-13(2,3)18-12(17)14-10(8-9-6-7-9)11(16)15(4)5/h9-10H,6-8H2,1-5H3,(H,14,17). The summed E-state index contributed by atoms with van der Waals surface area (Å²) < 4.78 is 5.18. The van der Waals surface area contributed by atoms with Gasteiger partial charge in [-0.2, -0.15) is 0 Å². The molecule has 1 saturated carbocycles. The van der Waals surface area contributed by atoms with Crippen molar-refractivity contribution in [3.8, 4) is 0 Å². The molecule has 5 nitrogen and oxygen atoms in total. The van der Waals surface area contributed by atoms with Crippen molar-refractivity contribution in [2.45, 2.75) is 51.7 Å². The van der Waals surface area contributed by atoms with Gasteiger partial charge in [-0.15, -0.1) is 0 Å². The smallest absolute Gasteiger partial charge is 0.408 e. The molecule has 0 aliphatic heterocycles. The van der Waals surface area contributed by atoms with Crippen LogP contribution in [-0.4, -0.2) is 42.6 Å². The Kier molecular flexibility index (Phi) is 4.59. The Hall–Kier alpha value is -1.26. The van der Waals surface area contributed by atoms with Gasteiger partial charge in [-0.05, 0) is 33.1 Å². The minimum atomic E-state index is -0.546. The lowest BCUT2D eigenvalue weighted by molar-refractivity contribution is -0.131. The first kappa shape index (κ1) is 14.8. The molecule has 0 aromatic heterocycles. The van der Waals surface area contributed by atoms with E-state index in [4.69, 9.17) is 4.74 Å². The molecule has 18 heavy (non-hydrogen) atoms. The number of rotatable bonds is 4. The average Bonchev–Trinajstić information content (AvgIpc) is 2.96. The first-order chi connectivity index (χ1) is 8.19. The molecule has 1 atom stereocenters. The summed E-state index contributed by atoms with van der Waals surface area (Å²) in [6, 6.07) is -0.470. The number of carbonyl (C=O) groups is 2. The zero-order valence-electron chi connectivity index (χ0n) is 11.9. The van der Waals surface area contributed by atoms with E-state index in [-0.39, 0.29) is 5.91 Å². The predicted molar refractivity (Wildman–Crippen MR) is 69.2 cm³/mol. The van der Waals surface area contributed by atoms with Crippen LogP contribution in [-0.2, 0) is 9.53 Å². The monoisotopic (exact) mass is 256 g/mol. The summed E-state index contributed by atoms with van der Waals surface area (Å²) in [5.74, 6) is 0.488. The molecule has 1 rings (SSSR count). The van der Waals surface area contributed by atoms with Crippen molar-refractivity contribution in [1.29, 1.82) is 0 Å². The molecule has 2 amide bonds. The third-order valence-electron chi connectivity index (χ3n) is 2.70. The summed E-state index contributed by atoms with van der Waals surface area (Å²) >= 11 is 0. The summed E-state index contributed by atoms with van der Waals surface area (Å²) in [5, 5.41) is 2.67. The van der Waals surface area contributed by atoms with Crippen molar-refractivity contribution in [2.75, 3.05) is 14.1 Å². The van der Waals surface area contributed by atoms with Crippen molar-refractivity contribution in [3.05, 3.63) is 0 Å². The molecule has 1 unspecified atom stereocenters. The minimum Gasteiger partial charge on any atom is -0.444 e. The molecule has 0 aromatic rings. The molecular formula is C13H24N2O3. The highest BCUT2D eigenvalue weighted by Crippen LogP contribution is 2.33. The van der Waals surface area contributed by atoms with Crippen LogP contribution in [0.5, 0.6) is 0 Å². The molecule has 1 aliphatic rings. The molecule has 0 saturated heterocycles. The SMILES string of the molecule is CN(C)C(=O)C(CC1CC1)NC(=O)OC(C)(C)C. The highest BCUT2D eigenvalue weighted by molar-refractivity contribution is 5.85. The molecule has 0 bridgehead atoms. The summed E-state index contributed by atoms with van der Waals surface area (Å²) in [4.78, 5) is 25.2. The van der Waals surface area contributed by atoms with Gasteiger partial charge >= 0.3 is 6.09 Å². The Labute approximate surface area is 109 Å². The average molecular weight is 256 g/mol. The van der Waals surface area contributed by atoms with E-state index >= 15 is 0 Å². The minimum absolute atomic E-state index is 0.0761. The number of carbonyl (C=O) groups excluding carboxylic acids is 2. The summed E-state index contributed by atoms with van der Waals surface area (Å²) in [6.07, 6.45) is 2.47. The number of amides is 2. The molecule has 1 N–H and O–H groups in total. The van der Waals surface area contributed by atoms with E-state index in [1.807, 2.05) is 0 Å². The Balaban J connectivity index is 2.54. The summed E-state index contributed by atoms with van der Waals surface area (Å²) in [6.45, 7) is 5.41. The van der Waals surface area contributed by atoms with Gasteiger partial charge in [0.15, 0.2) is 0 Å². The van der Waals surface area contributed by atoms with E-state index in [0.29, 0.717) is 12.3 Å². The van der Waals surface area contributed by atoms with E-state index in [9.17, 15) is 9.59 Å². The lowest BCUT2D eigenvalue weighted by atomic mass is 10.1. The summed E-state index contributed by atoms with van der Waals surface area (Å²) in [5.41, 5.74) is -0.546. The zero-order chi connectivity index (χ0) is 13.9. The second kappa shape index (κ2) is 5.59. The largest absolute Gasteiger partial charge is 0.444 e. The van der Waals surface area contributed by atoms with E-state index < -0.39 is 17.7 Å². The number of hydrogen-bond acceptors (Lipinski definition) is 3. The number of ether oxygens (including phenoxy) is 1. The fourth-order valence-electron chi connectivity index (χ4n) is 1.67. The number of hydrogen-bond donors (Lipinski definition) is 1. The maximum atomic E-state index is 12.0. The van der Waals surface area contributed by atoms with Crippen LogP contribution in [0.2, 0.25) is 0 Å². The van der Waals surface area contributed by atoms with Gasteiger partial charge in [-0.3, -0.25) is 4.79 Å². The van der Waals surface area contributed by atoms with E-state index in [2.05, 4.69) is 5.32 Å². The van der Waals surface area contributed by atoms with Gasteiger partial charge < -0.3 is 15.0 Å². The van der Waals surface area contributed by atoms with Gasteiger partial charge in [0.05, 0.1) is 0 Å². The number of nitrogens with one attached hydrogen (secondary N) is 1. The van der Waals surface area contributed by atoms with E-state index in [0.717, 1.165) is 12.8 Å². The van der Waals surface area contributed by atoms with E-state index in [1.54, 1.807) is 34.9 Å². The van der Waals surface area contributed by atoms with Crippen LogP contribution in [0.25, 0.3) is 0 Å².